The van der Waals surface area contributed by atoms with E-state index in [2.05, 4.69) is 31.2 Å². The van der Waals surface area contributed by atoms with E-state index in [1.165, 1.54) is 26.4 Å². The fourth-order valence-electron chi connectivity index (χ4n) is 4.77. The van der Waals surface area contributed by atoms with Crippen LogP contribution < -0.4 is 30.7 Å². The van der Waals surface area contributed by atoms with E-state index in [9.17, 15) is 19.2 Å². The summed E-state index contributed by atoms with van der Waals surface area (Å²) < 4.78 is 54.9. The molecule has 4 N–H and O–H groups in total. The van der Waals surface area contributed by atoms with Crippen molar-refractivity contribution >= 4 is 47.4 Å². The number of guanidine groups is 1. The molecule has 0 bridgehead atoms. The average molecular weight is 859 g/mol. The maximum absolute atomic E-state index is 12.4. The fraction of sp³-hybridized carbons (Fsp3) is 0.684. The number of hydrogen-bond donors (Lipinski definition) is 4. The number of benzene rings is 1. The third kappa shape index (κ3) is 23.0. The number of hydrogen-bond acceptors (Lipinski definition) is 17. The predicted octanol–water partition coefficient (Wildman–Crippen LogP) is 2.27. The maximum Gasteiger partial charge on any atom is 0.414 e. The Hall–Kier alpha value is -4.54. The van der Waals surface area contributed by atoms with Crippen LogP contribution in [0.2, 0.25) is 0 Å². The third-order valence-electron chi connectivity index (χ3n) is 7.33. The van der Waals surface area contributed by atoms with Crippen molar-refractivity contribution in [2.45, 2.75) is 52.7 Å². The second-order valence-electron chi connectivity index (χ2n) is 14.5. The quantitative estimate of drug-likeness (QED) is 0.0735. The van der Waals surface area contributed by atoms with Crippen LogP contribution in [0.5, 0.6) is 11.5 Å². The highest BCUT2D eigenvalue weighted by atomic mass is 32.1. The smallest absolute Gasteiger partial charge is 0.414 e. The van der Waals surface area contributed by atoms with Gasteiger partial charge in [0.1, 0.15) is 24.4 Å². The molecule has 2 amide bonds. The van der Waals surface area contributed by atoms with Crippen LogP contribution >= 0.6 is 12.2 Å². The zero-order valence-corrected chi connectivity index (χ0v) is 36.3. The second kappa shape index (κ2) is 27.3. The SMILES string of the molecule is COC(=O)c1cc2c(cc1C(=O)OC)OCCOCCOCCN(CCNC(=S)NCCN=C(NC(=O)OC(C)(C)C)NC(=O)OC(C)(C)C)CCOCCOCCO2. The normalized spacial score (nSPS) is 15.5. The average Bonchev–Trinajstić information content (AvgIpc) is 3.15. The molecule has 1 aliphatic heterocycles. The molecular weight excluding hydrogens is 797 g/mol. The van der Waals surface area contributed by atoms with Gasteiger partial charge < -0.3 is 58.0 Å². The van der Waals surface area contributed by atoms with E-state index in [1.807, 2.05) is 0 Å². The topological polar surface area (TPSA) is 224 Å². The monoisotopic (exact) mass is 858 g/mol. The lowest BCUT2D eigenvalue weighted by Crippen LogP contribution is -2.47. The number of amides is 2. The molecule has 334 valence electrons. The van der Waals surface area contributed by atoms with Gasteiger partial charge in [-0.2, -0.15) is 0 Å². The first-order valence-electron chi connectivity index (χ1n) is 19.2. The number of carbonyl (C=O) groups excluding carboxylic acids is 4. The Bertz CT molecular complexity index is 1430. The van der Waals surface area contributed by atoms with Crippen LogP contribution in [0.3, 0.4) is 0 Å². The van der Waals surface area contributed by atoms with Gasteiger partial charge in [-0.05, 0) is 65.9 Å². The maximum atomic E-state index is 12.4. The summed E-state index contributed by atoms with van der Waals surface area (Å²) in [6.07, 6.45) is -1.57. The van der Waals surface area contributed by atoms with Crippen LogP contribution in [-0.2, 0) is 37.9 Å². The lowest BCUT2D eigenvalue weighted by atomic mass is 10.1. The number of carbonyl (C=O) groups is 4. The van der Waals surface area contributed by atoms with Gasteiger partial charge in [0.2, 0.25) is 5.96 Å². The summed E-state index contributed by atoms with van der Waals surface area (Å²) in [5.74, 6) is -1.15. The van der Waals surface area contributed by atoms with E-state index in [1.54, 1.807) is 41.5 Å². The van der Waals surface area contributed by atoms with Gasteiger partial charge in [0.25, 0.3) is 0 Å². The Labute approximate surface area is 351 Å². The van der Waals surface area contributed by atoms with Crippen molar-refractivity contribution in [1.82, 2.24) is 26.2 Å². The van der Waals surface area contributed by atoms with Crippen LogP contribution in [0.25, 0.3) is 0 Å². The first kappa shape index (κ1) is 50.6. The van der Waals surface area contributed by atoms with E-state index < -0.39 is 35.3 Å². The minimum atomic E-state index is -0.783. The molecule has 0 unspecified atom stereocenters. The van der Waals surface area contributed by atoms with E-state index in [-0.39, 0.29) is 61.6 Å². The van der Waals surface area contributed by atoms with Gasteiger partial charge in [0, 0.05) is 32.7 Å². The third-order valence-corrected chi connectivity index (χ3v) is 7.62. The van der Waals surface area contributed by atoms with Crippen LogP contribution in [0.4, 0.5) is 9.59 Å². The summed E-state index contributed by atoms with van der Waals surface area (Å²) in [5, 5.41) is 11.5. The van der Waals surface area contributed by atoms with Gasteiger partial charge in [0.05, 0.1) is 84.7 Å². The van der Waals surface area contributed by atoms with Gasteiger partial charge in [0.15, 0.2) is 16.6 Å². The van der Waals surface area contributed by atoms with Crippen LogP contribution in [-0.4, -0.2) is 171 Å². The van der Waals surface area contributed by atoms with E-state index >= 15 is 0 Å². The minimum Gasteiger partial charge on any atom is -0.487 e. The van der Waals surface area contributed by atoms with Gasteiger partial charge in [-0.15, -0.1) is 0 Å². The van der Waals surface area contributed by atoms with Crippen molar-refractivity contribution in [3.05, 3.63) is 23.3 Å². The number of methoxy groups -OCH3 is 2. The Morgan fingerprint density at radius 2 is 1.07 bits per heavy atom. The molecule has 20 nitrogen and oxygen atoms in total. The Morgan fingerprint density at radius 3 is 1.49 bits per heavy atom. The molecule has 0 saturated carbocycles. The Morgan fingerprint density at radius 1 is 0.661 bits per heavy atom. The number of alkyl carbamates (subject to hydrolysis) is 2. The summed E-state index contributed by atoms with van der Waals surface area (Å²) in [5.41, 5.74) is -1.57. The molecule has 21 heteroatoms. The molecule has 1 heterocycles. The van der Waals surface area contributed by atoms with Crippen LogP contribution in [0, 0.1) is 0 Å². The molecule has 1 aliphatic rings. The molecule has 1 aromatic rings. The molecule has 0 spiro atoms. The Kier molecular flexibility index (Phi) is 23.4. The lowest BCUT2D eigenvalue weighted by molar-refractivity contribution is 0.0187. The van der Waals surface area contributed by atoms with E-state index in [0.717, 1.165) is 0 Å². The number of nitrogens with zero attached hydrogens (tertiary/aromatic N) is 2. The molecule has 0 saturated heterocycles. The number of esters is 2. The van der Waals surface area contributed by atoms with Gasteiger partial charge in [-0.3, -0.25) is 20.5 Å². The molecular formula is C38H62N6O14S. The van der Waals surface area contributed by atoms with Gasteiger partial charge in [-0.1, -0.05) is 0 Å². The first-order chi connectivity index (χ1) is 28.0. The summed E-state index contributed by atoms with van der Waals surface area (Å²) in [7, 11) is 2.42. The predicted molar refractivity (Wildman–Crippen MR) is 219 cm³/mol. The van der Waals surface area contributed by atoms with E-state index in [4.69, 9.17) is 59.6 Å². The number of rotatable bonds is 8. The Balaban J connectivity index is 1.87. The lowest BCUT2D eigenvalue weighted by Gasteiger charge is -2.23. The number of fused-ring (bicyclic) bond motifs is 1. The number of thiocarbonyl (C=S) groups is 1. The van der Waals surface area contributed by atoms with Crippen LogP contribution in [0.1, 0.15) is 62.3 Å². The van der Waals surface area contributed by atoms with Crippen molar-refractivity contribution in [2.75, 3.05) is 120 Å². The zero-order valence-electron chi connectivity index (χ0n) is 35.5. The van der Waals surface area contributed by atoms with Crippen molar-refractivity contribution in [3.63, 3.8) is 0 Å². The molecule has 0 fully saturated rings. The molecule has 0 atom stereocenters. The molecule has 0 aromatic heterocycles. The van der Waals surface area contributed by atoms with Crippen molar-refractivity contribution < 1.29 is 66.5 Å². The molecule has 2 rings (SSSR count). The molecule has 59 heavy (non-hydrogen) atoms. The summed E-state index contributed by atoms with van der Waals surface area (Å²) in [4.78, 5) is 55.9. The van der Waals surface area contributed by atoms with Crippen molar-refractivity contribution in [3.8, 4) is 11.5 Å². The summed E-state index contributed by atoms with van der Waals surface area (Å²) in [6, 6.07) is 2.75. The van der Waals surface area contributed by atoms with Gasteiger partial charge in [-0.25, -0.2) is 19.2 Å². The standard InChI is InChI=1S/C38H62N6O14S/c1-37(2,3)57-35(47)42-33(43-36(48)58-38(4,5)6)39-9-10-40-34(59)41-11-12-44-13-15-51-17-19-53-21-23-55-29-25-27(31(45)49-7)28(32(46)50-8)26-30(29)56-24-22-54-20-18-52-16-14-44/h25-26H,9-24H2,1-8H3,(H2,40,41,59)(H2,39,42,43,47,48). The highest BCUT2D eigenvalue weighted by Crippen LogP contribution is 2.32. The largest absolute Gasteiger partial charge is 0.487 e. The highest BCUT2D eigenvalue weighted by molar-refractivity contribution is 7.80. The zero-order chi connectivity index (χ0) is 43.7. The molecule has 0 radical (unpaired) electrons. The minimum absolute atomic E-state index is 0.0293. The summed E-state index contributed by atoms with van der Waals surface area (Å²) >= 11 is 5.44. The van der Waals surface area contributed by atoms with Crippen molar-refractivity contribution in [2.24, 2.45) is 4.99 Å². The fourth-order valence-corrected chi connectivity index (χ4v) is 4.97. The first-order valence-corrected chi connectivity index (χ1v) is 19.6. The summed E-state index contributed by atoms with van der Waals surface area (Å²) in [6.45, 7) is 16.1. The van der Waals surface area contributed by atoms with Crippen molar-refractivity contribution in [1.29, 1.82) is 0 Å². The van der Waals surface area contributed by atoms with Crippen LogP contribution in [0.15, 0.2) is 17.1 Å². The van der Waals surface area contributed by atoms with Gasteiger partial charge >= 0.3 is 24.1 Å². The number of nitrogens with one attached hydrogen (secondary N) is 4. The van der Waals surface area contributed by atoms with E-state index in [0.29, 0.717) is 77.5 Å². The second-order valence-corrected chi connectivity index (χ2v) is 14.9. The number of aliphatic imine (C=N–C) groups is 1. The number of ether oxygens (including phenoxy) is 10. The molecule has 1 aromatic carbocycles. The molecule has 0 aliphatic carbocycles. The highest BCUT2D eigenvalue weighted by Gasteiger charge is 2.24.